The summed E-state index contributed by atoms with van der Waals surface area (Å²) in [6, 6.07) is 9.03. The van der Waals surface area contributed by atoms with E-state index in [2.05, 4.69) is 15.2 Å². The van der Waals surface area contributed by atoms with Crippen molar-refractivity contribution in [2.45, 2.75) is 27.2 Å². The van der Waals surface area contributed by atoms with Crippen LogP contribution in [0.2, 0.25) is 0 Å². The fraction of sp³-hybridized carbons (Fsp3) is 0.409. The van der Waals surface area contributed by atoms with Crippen LogP contribution in [0.15, 0.2) is 42.6 Å². The molecule has 0 atom stereocenters. The second-order valence-electron chi connectivity index (χ2n) is 7.88. The van der Waals surface area contributed by atoms with E-state index in [1.54, 1.807) is 12.3 Å². The molecule has 154 valence electrons. The van der Waals surface area contributed by atoms with Crippen molar-refractivity contribution in [1.82, 2.24) is 9.88 Å². The van der Waals surface area contributed by atoms with Gasteiger partial charge in [0.2, 0.25) is 5.91 Å². The normalized spacial score (nSPS) is 14.6. The van der Waals surface area contributed by atoms with E-state index in [-0.39, 0.29) is 23.0 Å². The summed E-state index contributed by atoms with van der Waals surface area (Å²) in [5.74, 6) is 0.316. The Hall–Kier alpha value is -2.96. The number of rotatable bonds is 5. The molecule has 2 aromatic rings. The van der Waals surface area contributed by atoms with Crippen LogP contribution in [0.25, 0.3) is 0 Å². The van der Waals surface area contributed by atoms with Crippen LogP contribution in [0.4, 0.5) is 15.9 Å². The van der Waals surface area contributed by atoms with Gasteiger partial charge in [0, 0.05) is 37.2 Å². The molecule has 1 aliphatic rings. The number of benzene rings is 1. The van der Waals surface area contributed by atoms with Crippen molar-refractivity contribution < 1.29 is 14.0 Å². The summed E-state index contributed by atoms with van der Waals surface area (Å²) < 4.78 is 13.0. The average Bonchev–Trinajstić information content (AvgIpc) is 2.74. The third-order valence-corrected chi connectivity index (χ3v) is 5.47. The van der Waals surface area contributed by atoms with E-state index in [0.717, 1.165) is 25.3 Å². The maximum absolute atomic E-state index is 13.0. The van der Waals surface area contributed by atoms with Gasteiger partial charge in [-0.2, -0.15) is 0 Å². The monoisotopic (exact) mass is 398 g/mol. The lowest BCUT2D eigenvalue weighted by atomic mass is 9.88. The van der Waals surface area contributed by atoms with Crippen LogP contribution in [0, 0.1) is 11.2 Å². The fourth-order valence-electron chi connectivity index (χ4n) is 3.17. The number of hydrogen-bond donors (Lipinski definition) is 1. The topological polar surface area (TPSA) is 65.5 Å². The van der Waals surface area contributed by atoms with Crippen molar-refractivity contribution in [3.8, 4) is 0 Å². The summed E-state index contributed by atoms with van der Waals surface area (Å²) in [7, 11) is 0. The van der Waals surface area contributed by atoms with Crippen molar-refractivity contribution in [3.63, 3.8) is 0 Å². The van der Waals surface area contributed by atoms with Gasteiger partial charge in [-0.15, -0.1) is 0 Å². The summed E-state index contributed by atoms with van der Waals surface area (Å²) in [4.78, 5) is 33.3. The van der Waals surface area contributed by atoms with Gasteiger partial charge in [-0.25, -0.2) is 9.37 Å². The lowest BCUT2D eigenvalue weighted by Gasteiger charge is -2.38. The lowest BCUT2D eigenvalue weighted by molar-refractivity contribution is -0.140. The highest BCUT2D eigenvalue weighted by atomic mass is 19.1. The number of carbonyl (C=O) groups is 2. The quantitative estimate of drug-likeness (QED) is 0.836. The molecule has 0 radical (unpaired) electrons. The second kappa shape index (κ2) is 8.59. The predicted molar refractivity (Wildman–Crippen MR) is 111 cm³/mol. The Balaban J connectivity index is 1.56. The molecule has 29 heavy (non-hydrogen) atoms. The summed E-state index contributed by atoms with van der Waals surface area (Å²) in [5, 5.41) is 2.76. The van der Waals surface area contributed by atoms with Crippen molar-refractivity contribution in [2.75, 3.05) is 36.4 Å². The predicted octanol–water partition coefficient (Wildman–Crippen LogP) is 3.56. The highest BCUT2D eigenvalue weighted by molar-refractivity contribution is 6.04. The number of anilines is 2. The molecule has 1 aliphatic heterocycles. The van der Waals surface area contributed by atoms with E-state index in [4.69, 9.17) is 0 Å². The zero-order valence-electron chi connectivity index (χ0n) is 17.1. The first-order valence-electron chi connectivity index (χ1n) is 9.87. The van der Waals surface area contributed by atoms with E-state index >= 15 is 0 Å². The molecule has 1 saturated heterocycles. The maximum atomic E-state index is 13.0. The third kappa shape index (κ3) is 4.91. The van der Waals surface area contributed by atoms with Crippen LogP contribution in [0.1, 0.15) is 37.6 Å². The van der Waals surface area contributed by atoms with Crippen LogP contribution in [0.3, 0.4) is 0 Å². The summed E-state index contributed by atoms with van der Waals surface area (Å²) in [6.07, 6.45) is 2.42. The highest BCUT2D eigenvalue weighted by Gasteiger charge is 2.32. The number of carbonyl (C=O) groups excluding carboxylic acids is 2. The van der Waals surface area contributed by atoms with Crippen LogP contribution in [0.5, 0.6) is 0 Å². The molecule has 0 unspecified atom stereocenters. The van der Waals surface area contributed by atoms with Gasteiger partial charge in [0.15, 0.2) is 0 Å². The second-order valence-corrected chi connectivity index (χ2v) is 7.88. The number of halogens is 1. The molecule has 1 aromatic carbocycles. The number of aromatic nitrogens is 1. The van der Waals surface area contributed by atoms with Gasteiger partial charge in [-0.05, 0) is 42.8 Å². The number of amides is 2. The Kier molecular flexibility index (Phi) is 6.15. The summed E-state index contributed by atoms with van der Waals surface area (Å²) in [6.45, 7) is 8.80. The van der Waals surface area contributed by atoms with Crippen molar-refractivity contribution in [2.24, 2.45) is 5.41 Å². The van der Waals surface area contributed by atoms with Crippen molar-refractivity contribution in [1.29, 1.82) is 0 Å². The van der Waals surface area contributed by atoms with Crippen LogP contribution in [-0.2, 0) is 4.79 Å². The molecule has 2 amide bonds. The molecular weight excluding hydrogens is 371 g/mol. The summed E-state index contributed by atoms with van der Waals surface area (Å²) in [5.41, 5.74) is 0.623. The van der Waals surface area contributed by atoms with Gasteiger partial charge in [-0.1, -0.05) is 20.8 Å². The van der Waals surface area contributed by atoms with Crippen LogP contribution >= 0.6 is 0 Å². The number of hydrogen-bond acceptors (Lipinski definition) is 4. The zero-order chi connectivity index (χ0) is 21.0. The first kappa shape index (κ1) is 20.8. The standard InChI is InChI=1S/C22H27FN4O2/c1-4-22(2,3)21(29)27-13-11-26(12-14-27)19-10-9-18(15-24-19)25-20(28)16-5-7-17(23)8-6-16/h5-10,15H,4,11-14H2,1-3H3,(H,25,28). The zero-order valence-corrected chi connectivity index (χ0v) is 17.1. The average molecular weight is 398 g/mol. The molecule has 0 bridgehead atoms. The van der Waals surface area contributed by atoms with E-state index in [1.165, 1.54) is 24.3 Å². The Bertz CT molecular complexity index is 857. The summed E-state index contributed by atoms with van der Waals surface area (Å²) >= 11 is 0. The van der Waals surface area contributed by atoms with E-state index < -0.39 is 0 Å². The minimum absolute atomic E-state index is 0.200. The lowest BCUT2D eigenvalue weighted by Crippen LogP contribution is -2.52. The van der Waals surface area contributed by atoms with Gasteiger partial charge in [0.05, 0.1) is 11.9 Å². The minimum Gasteiger partial charge on any atom is -0.353 e. The van der Waals surface area contributed by atoms with Gasteiger partial charge in [0.1, 0.15) is 11.6 Å². The molecule has 0 saturated carbocycles. The molecular formula is C22H27FN4O2. The molecule has 1 fully saturated rings. The molecule has 0 aliphatic carbocycles. The van der Waals surface area contributed by atoms with E-state index in [0.29, 0.717) is 24.3 Å². The Morgan fingerprint density at radius 1 is 1.07 bits per heavy atom. The largest absolute Gasteiger partial charge is 0.353 e. The minimum atomic E-state index is -0.382. The van der Waals surface area contributed by atoms with Gasteiger partial charge < -0.3 is 15.1 Å². The molecule has 2 heterocycles. The van der Waals surface area contributed by atoms with Gasteiger partial charge in [0.25, 0.3) is 5.91 Å². The van der Waals surface area contributed by atoms with Crippen molar-refractivity contribution in [3.05, 3.63) is 54.0 Å². The van der Waals surface area contributed by atoms with Crippen LogP contribution in [-0.4, -0.2) is 47.9 Å². The molecule has 1 N–H and O–H groups in total. The smallest absolute Gasteiger partial charge is 0.255 e. The van der Waals surface area contributed by atoms with E-state index in [9.17, 15) is 14.0 Å². The number of pyridine rings is 1. The highest BCUT2D eigenvalue weighted by Crippen LogP contribution is 2.24. The van der Waals surface area contributed by atoms with Gasteiger partial charge in [-0.3, -0.25) is 9.59 Å². The number of piperazine rings is 1. The Morgan fingerprint density at radius 2 is 1.72 bits per heavy atom. The number of nitrogens with zero attached hydrogens (tertiary/aromatic N) is 3. The number of nitrogens with one attached hydrogen (secondary N) is 1. The maximum Gasteiger partial charge on any atom is 0.255 e. The van der Waals surface area contributed by atoms with E-state index in [1.807, 2.05) is 31.7 Å². The van der Waals surface area contributed by atoms with Gasteiger partial charge >= 0.3 is 0 Å². The SMILES string of the molecule is CCC(C)(C)C(=O)N1CCN(c2ccc(NC(=O)c3ccc(F)cc3)cn2)CC1. The molecule has 6 nitrogen and oxygen atoms in total. The molecule has 1 aromatic heterocycles. The van der Waals surface area contributed by atoms with Crippen LogP contribution < -0.4 is 10.2 Å². The third-order valence-electron chi connectivity index (χ3n) is 5.47. The first-order valence-corrected chi connectivity index (χ1v) is 9.87. The fourth-order valence-corrected chi connectivity index (χ4v) is 3.17. The Labute approximate surface area is 170 Å². The molecule has 3 rings (SSSR count). The Morgan fingerprint density at radius 3 is 2.28 bits per heavy atom. The molecule has 0 spiro atoms. The first-order chi connectivity index (χ1) is 13.8. The van der Waals surface area contributed by atoms with Crippen molar-refractivity contribution >= 4 is 23.3 Å². The molecule has 7 heteroatoms.